The van der Waals surface area contributed by atoms with Gasteiger partial charge in [-0.3, -0.25) is 4.79 Å². The van der Waals surface area contributed by atoms with Crippen LogP contribution in [0.4, 0.5) is 5.69 Å². The number of carbonyl (C=O) groups excluding carboxylic acids is 2. The first-order chi connectivity index (χ1) is 17.8. The summed E-state index contributed by atoms with van der Waals surface area (Å²) in [6.45, 7) is 4.62. The fourth-order valence-electron chi connectivity index (χ4n) is 3.23. The van der Waals surface area contributed by atoms with Crippen molar-refractivity contribution < 1.29 is 23.8 Å². The van der Waals surface area contributed by atoms with Gasteiger partial charge < -0.3 is 19.5 Å². The lowest BCUT2D eigenvalue weighted by Crippen LogP contribution is -2.13. The monoisotopic (exact) mass is 674 g/mol. The molecule has 37 heavy (non-hydrogen) atoms. The quantitative estimate of drug-likeness (QED) is 0.111. The molecule has 9 heteroatoms. The number of esters is 1. The number of amides is 1. The zero-order valence-corrected chi connectivity index (χ0v) is 24.0. The molecule has 0 spiro atoms. The van der Waals surface area contributed by atoms with Gasteiger partial charge in [-0.05, 0) is 118 Å². The molecule has 7 nitrogen and oxygen atoms in total. The van der Waals surface area contributed by atoms with E-state index in [2.05, 4.69) is 43.8 Å². The Kier molecular flexibility index (Phi) is 10.5. The molecule has 0 aliphatic rings. The molecule has 3 aromatic rings. The fourth-order valence-corrected chi connectivity index (χ4v) is 4.16. The van der Waals surface area contributed by atoms with E-state index in [1.165, 1.54) is 6.08 Å². The number of nitriles is 1. The molecule has 3 rings (SSSR count). The Labute approximate surface area is 237 Å². The van der Waals surface area contributed by atoms with Crippen LogP contribution >= 0.6 is 38.5 Å². The van der Waals surface area contributed by atoms with E-state index >= 15 is 0 Å². The molecule has 0 radical (unpaired) electrons. The third kappa shape index (κ3) is 8.06. The van der Waals surface area contributed by atoms with Gasteiger partial charge in [0, 0.05) is 9.26 Å². The Bertz CT molecular complexity index is 1330. The topological polar surface area (TPSA) is 97.7 Å². The molecule has 0 saturated carbocycles. The van der Waals surface area contributed by atoms with Gasteiger partial charge in [0.25, 0.3) is 5.91 Å². The number of rotatable bonds is 10. The van der Waals surface area contributed by atoms with Crippen molar-refractivity contribution in [2.24, 2.45) is 0 Å². The highest BCUT2D eigenvalue weighted by molar-refractivity contribution is 14.1. The average molecular weight is 675 g/mol. The highest BCUT2D eigenvalue weighted by Crippen LogP contribution is 2.38. The number of nitrogens with zero attached hydrogens (tertiary/aromatic N) is 1. The van der Waals surface area contributed by atoms with Gasteiger partial charge in [0.1, 0.15) is 18.2 Å². The van der Waals surface area contributed by atoms with Crippen LogP contribution in [0.15, 0.2) is 70.7 Å². The van der Waals surface area contributed by atoms with Gasteiger partial charge in [-0.15, -0.1) is 0 Å². The van der Waals surface area contributed by atoms with Crippen LogP contribution in [0.1, 0.15) is 35.3 Å². The van der Waals surface area contributed by atoms with Crippen molar-refractivity contribution in [2.45, 2.75) is 20.5 Å². The zero-order chi connectivity index (χ0) is 26.8. The minimum Gasteiger partial charge on any atom is -0.490 e. The number of halogens is 2. The number of nitrogens with one attached hydrogen (secondary N) is 1. The number of benzene rings is 3. The molecular formula is C28H24BrIN2O5. The molecule has 0 unspecified atom stereocenters. The lowest BCUT2D eigenvalue weighted by Gasteiger charge is -2.15. The van der Waals surface area contributed by atoms with Crippen LogP contribution in [0.2, 0.25) is 0 Å². The van der Waals surface area contributed by atoms with E-state index in [4.69, 9.17) is 14.2 Å². The zero-order valence-electron chi connectivity index (χ0n) is 20.2. The molecule has 1 amide bonds. The van der Waals surface area contributed by atoms with E-state index in [0.717, 1.165) is 9.13 Å². The van der Waals surface area contributed by atoms with Crippen molar-refractivity contribution in [3.05, 3.63) is 91.0 Å². The van der Waals surface area contributed by atoms with Gasteiger partial charge in [-0.25, -0.2) is 4.79 Å². The van der Waals surface area contributed by atoms with Crippen LogP contribution in [0.25, 0.3) is 6.08 Å². The average Bonchev–Trinajstić information content (AvgIpc) is 2.88. The molecule has 0 saturated heterocycles. The second kappa shape index (κ2) is 13.8. The van der Waals surface area contributed by atoms with E-state index < -0.39 is 11.9 Å². The summed E-state index contributed by atoms with van der Waals surface area (Å²) in [6.07, 6.45) is 1.47. The van der Waals surface area contributed by atoms with Gasteiger partial charge >= 0.3 is 5.97 Å². The molecule has 1 N–H and O–H groups in total. The van der Waals surface area contributed by atoms with E-state index in [1.807, 2.05) is 37.3 Å². The Morgan fingerprint density at radius 1 is 1.03 bits per heavy atom. The van der Waals surface area contributed by atoms with Gasteiger partial charge in [0.15, 0.2) is 11.5 Å². The van der Waals surface area contributed by atoms with Gasteiger partial charge in [-0.2, -0.15) is 5.26 Å². The summed E-state index contributed by atoms with van der Waals surface area (Å²) in [5, 5.41) is 12.3. The van der Waals surface area contributed by atoms with Crippen molar-refractivity contribution >= 4 is 62.2 Å². The minimum atomic E-state index is -0.584. The summed E-state index contributed by atoms with van der Waals surface area (Å²) in [6, 6.07) is 19.7. The number of anilines is 1. The summed E-state index contributed by atoms with van der Waals surface area (Å²) >= 11 is 5.78. The van der Waals surface area contributed by atoms with E-state index in [1.54, 1.807) is 43.3 Å². The molecule has 190 valence electrons. The van der Waals surface area contributed by atoms with Gasteiger partial charge in [0.05, 0.1) is 23.2 Å². The highest BCUT2D eigenvalue weighted by Gasteiger charge is 2.15. The minimum absolute atomic E-state index is 0.101. The Morgan fingerprint density at radius 3 is 2.35 bits per heavy atom. The SMILES string of the molecule is CCOC(=O)c1ccc(NC(=O)/C(C#N)=C/c2cc(Br)c(OCc3ccc(I)cc3)c(OCC)c2)cc1. The molecule has 3 aromatic carbocycles. The molecular weight excluding hydrogens is 651 g/mol. The molecule has 0 aliphatic heterocycles. The van der Waals surface area contributed by atoms with Crippen molar-refractivity contribution in [3.63, 3.8) is 0 Å². The number of carbonyl (C=O) groups is 2. The third-order valence-corrected chi connectivity index (χ3v) is 6.27. The first kappa shape index (κ1) is 28.2. The number of hydrogen-bond acceptors (Lipinski definition) is 6. The first-order valence-corrected chi connectivity index (χ1v) is 13.3. The maximum absolute atomic E-state index is 12.8. The van der Waals surface area contributed by atoms with Crippen LogP contribution in [-0.4, -0.2) is 25.1 Å². The second-order valence-electron chi connectivity index (χ2n) is 7.60. The summed E-state index contributed by atoms with van der Waals surface area (Å²) in [4.78, 5) is 24.6. The standard InChI is InChI=1S/C28H24BrIN2O5/c1-3-35-25-15-19(14-24(29)26(25)37-17-18-5-9-22(30)10-6-18)13-21(16-31)27(33)32-23-11-7-20(8-12-23)28(34)36-4-2/h5-15H,3-4,17H2,1-2H3,(H,32,33)/b21-13+. The van der Waals surface area contributed by atoms with Crippen molar-refractivity contribution in [3.8, 4) is 17.6 Å². The molecule has 0 aliphatic carbocycles. The molecule has 0 fully saturated rings. The smallest absolute Gasteiger partial charge is 0.338 e. The van der Waals surface area contributed by atoms with E-state index in [-0.39, 0.29) is 12.2 Å². The molecule has 0 bridgehead atoms. The Morgan fingerprint density at radius 2 is 1.73 bits per heavy atom. The van der Waals surface area contributed by atoms with Crippen LogP contribution < -0.4 is 14.8 Å². The molecule has 0 heterocycles. The van der Waals surface area contributed by atoms with Crippen LogP contribution in [0.5, 0.6) is 11.5 Å². The van der Waals surface area contributed by atoms with Crippen LogP contribution in [-0.2, 0) is 16.1 Å². The fraction of sp³-hybridized carbons (Fsp3) is 0.179. The van der Waals surface area contributed by atoms with Crippen molar-refractivity contribution in [1.29, 1.82) is 5.26 Å². The number of ether oxygens (including phenoxy) is 3. The van der Waals surface area contributed by atoms with Crippen LogP contribution in [0, 0.1) is 14.9 Å². The Balaban J connectivity index is 1.78. The second-order valence-corrected chi connectivity index (χ2v) is 9.70. The normalized spacial score (nSPS) is 10.8. The Hall–Kier alpha value is -3.36. The van der Waals surface area contributed by atoms with Crippen LogP contribution in [0.3, 0.4) is 0 Å². The van der Waals surface area contributed by atoms with E-state index in [0.29, 0.717) is 46.0 Å². The van der Waals surface area contributed by atoms with Crippen molar-refractivity contribution in [1.82, 2.24) is 0 Å². The summed E-state index contributed by atoms with van der Waals surface area (Å²) in [5.41, 5.74) is 2.30. The summed E-state index contributed by atoms with van der Waals surface area (Å²) in [7, 11) is 0. The lowest BCUT2D eigenvalue weighted by atomic mass is 10.1. The van der Waals surface area contributed by atoms with Gasteiger partial charge in [-0.1, -0.05) is 12.1 Å². The molecule has 0 atom stereocenters. The predicted octanol–water partition coefficient (Wildman–Crippen LogP) is 6.75. The third-order valence-electron chi connectivity index (χ3n) is 4.96. The summed E-state index contributed by atoms with van der Waals surface area (Å²) in [5.74, 6) is -0.0118. The largest absolute Gasteiger partial charge is 0.490 e. The van der Waals surface area contributed by atoms with Gasteiger partial charge in [0.2, 0.25) is 0 Å². The maximum Gasteiger partial charge on any atom is 0.338 e. The maximum atomic E-state index is 12.8. The predicted molar refractivity (Wildman–Crippen MR) is 153 cm³/mol. The summed E-state index contributed by atoms with van der Waals surface area (Å²) < 4.78 is 18.5. The lowest BCUT2D eigenvalue weighted by molar-refractivity contribution is -0.112. The molecule has 0 aromatic heterocycles. The van der Waals surface area contributed by atoms with Crippen molar-refractivity contribution in [2.75, 3.05) is 18.5 Å². The van der Waals surface area contributed by atoms with E-state index in [9.17, 15) is 14.9 Å². The highest BCUT2D eigenvalue weighted by atomic mass is 127. The first-order valence-electron chi connectivity index (χ1n) is 11.4. The number of hydrogen-bond donors (Lipinski definition) is 1.